The van der Waals surface area contributed by atoms with Crippen LogP contribution < -0.4 is 0 Å². The van der Waals surface area contributed by atoms with Gasteiger partial charge in [0, 0.05) is 22.4 Å². The molecule has 0 bridgehead atoms. The summed E-state index contributed by atoms with van der Waals surface area (Å²) in [5.74, 6) is 0. The molecule has 64 valence electrons. The first-order valence-corrected chi connectivity index (χ1v) is 3.88. The summed E-state index contributed by atoms with van der Waals surface area (Å²) in [7, 11) is 0. The van der Waals surface area contributed by atoms with Gasteiger partial charge in [-0.05, 0) is 12.1 Å². The molecule has 0 aromatic heterocycles. The fourth-order valence-electron chi connectivity index (χ4n) is 0.863. The molecular weight excluding hydrogens is 178 g/mol. The summed E-state index contributed by atoms with van der Waals surface area (Å²) in [5.41, 5.74) is 0.671. The highest BCUT2D eigenvalue weighted by atomic mass is 35.5. The molecule has 0 aliphatic carbocycles. The highest BCUT2D eigenvalue weighted by molar-refractivity contribution is 6.30. The lowest BCUT2D eigenvalue weighted by molar-refractivity contribution is -0.524. The van der Waals surface area contributed by atoms with Crippen LogP contribution in [0.15, 0.2) is 24.3 Å². The molecule has 0 spiro atoms. The van der Waals surface area contributed by atoms with Crippen molar-refractivity contribution in [2.75, 3.05) is 0 Å². The van der Waals surface area contributed by atoms with E-state index in [1.165, 1.54) is 0 Å². The van der Waals surface area contributed by atoms with Gasteiger partial charge in [0.15, 0.2) is 0 Å². The van der Waals surface area contributed by atoms with E-state index in [9.17, 15) is 10.1 Å². The van der Waals surface area contributed by atoms with Gasteiger partial charge in [0.05, 0.1) is 0 Å². The van der Waals surface area contributed by atoms with Crippen LogP contribution in [0.1, 0.15) is 18.5 Å². The lowest BCUT2D eigenvalue weighted by Crippen LogP contribution is -2.05. The van der Waals surface area contributed by atoms with Gasteiger partial charge in [-0.1, -0.05) is 23.7 Å². The zero-order valence-corrected chi connectivity index (χ0v) is 7.28. The van der Waals surface area contributed by atoms with Crippen LogP contribution in [-0.4, -0.2) is 4.92 Å². The van der Waals surface area contributed by atoms with E-state index >= 15 is 0 Å². The van der Waals surface area contributed by atoms with Crippen LogP contribution in [0.25, 0.3) is 0 Å². The van der Waals surface area contributed by atoms with E-state index in [4.69, 9.17) is 11.6 Å². The maximum atomic E-state index is 10.4. The number of hydrogen-bond acceptors (Lipinski definition) is 2. The summed E-state index contributed by atoms with van der Waals surface area (Å²) in [6.45, 7) is 1.54. The largest absolute Gasteiger partial charge is 0.264 e. The number of halogens is 1. The van der Waals surface area contributed by atoms with Crippen molar-refractivity contribution in [1.82, 2.24) is 0 Å². The summed E-state index contributed by atoms with van der Waals surface area (Å²) >= 11 is 5.63. The standard InChI is InChI=1S/C8H8ClNO2/c1-6(10(11)12)7-2-4-8(9)5-3-7/h2-6H,1H3. The molecule has 3 nitrogen and oxygen atoms in total. The van der Waals surface area contributed by atoms with E-state index in [1.807, 2.05) is 0 Å². The number of hydrogen-bond donors (Lipinski definition) is 0. The molecule has 0 amide bonds. The van der Waals surface area contributed by atoms with Gasteiger partial charge >= 0.3 is 0 Å². The van der Waals surface area contributed by atoms with Crippen molar-refractivity contribution in [2.24, 2.45) is 0 Å². The van der Waals surface area contributed by atoms with Crippen molar-refractivity contribution < 1.29 is 4.92 Å². The van der Waals surface area contributed by atoms with Crippen molar-refractivity contribution in [2.45, 2.75) is 13.0 Å². The third-order valence-electron chi connectivity index (χ3n) is 1.67. The highest BCUT2D eigenvalue weighted by Crippen LogP contribution is 2.17. The fraction of sp³-hybridized carbons (Fsp3) is 0.250. The minimum Gasteiger partial charge on any atom is -0.264 e. The predicted octanol–water partition coefficient (Wildman–Crippen LogP) is 2.68. The number of benzene rings is 1. The summed E-state index contributed by atoms with van der Waals surface area (Å²) < 4.78 is 0. The minimum atomic E-state index is -0.665. The topological polar surface area (TPSA) is 43.1 Å². The average Bonchev–Trinajstić information content (AvgIpc) is 2.04. The minimum absolute atomic E-state index is 0.330. The van der Waals surface area contributed by atoms with E-state index in [2.05, 4.69) is 0 Å². The Bertz CT molecular complexity index is 284. The van der Waals surface area contributed by atoms with Gasteiger partial charge in [0.2, 0.25) is 6.04 Å². The summed E-state index contributed by atoms with van der Waals surface area (Å²) in [6.07, 6.45) is 0. The van der Waals surface area contributed by atoms with Crippen molar-refractivity contribution >= 4 is 11.6 Å². The Labute approximate surface area is 75.1 Å². The molecule has 0 aliphatic heterocycles. The number of nitrogens with zero attached hydrogens (tertiary/aromatic N) is 1. The van der Waals surface area contributed by atoms with Crippen molar-refractivity contribution in [3.63, 3.8) is 0 Å². The van der Waals surface area contributed by atoms with Crippen LogP contribution in [-0.2, 0) is 0 Å². The molecule has 0 radical (unpaired) electrons. The third-order valence-corrected chi connectivity index (χ3v) is 1.92. The molecule has 1 rings (SSSR count). The SMILES string of the molecule is CC(c1ccc(Cl)cc1)[N+](=O)[O-]. The molecular formula is C8H8ClNO2. The van der Waals surface area contributed by atoms with E-state index < -0.39 is 6.04 Å². The molecule has 1 aromatic rings. The molecule has 0 aliphatic rings. The summed E-state index contributed by atoms with van der Waals surface area (Å²) in [5, 5.41) is 10.9. The molecule has 0 heterocycles. The first-order chi connectivity index (χ1) is 5.61. The lowest BCUT2D eigenvalue weighted by Gasteiger charge is -2.02. The average molecular weight is 186 g/mol. The quantitative estimate of drug-likeness (QED) is 0.525. The maximum absolute atomic E-state index is 10.4. The van der Waals surface area contributed by atoms with Gasteiger partial charge in [-0.2, -0.15) is 0 Å². The van der Waals surface area contributed by atoms with Gasteiger partial charge in [-0.15, -0.1) is 0 Å². The maximum Gasteiger partial charge on any atom is 0.235 e. The summed E-state index contributed by atoms with van der Waals surface area (Å²) in [6, 6.07) is 5.96. The second-order valence-electron chi connectivity index (χ2n) is 2.51. The van der Waals surface area contributed by atoms with Crippen LogP contribution >= 0.6 is 11.6 Å². The third kappa shape index (κ3) is 1.95. The Morgan fingerprint density at radius 3 is 2.33 bits per heavy atom. The van der Waals surface area contributed by atoms with E-state index in [0.717, 1.165) is 0 Å². The lowest BCUT2D eigenvalue weighted by atomic mass is 10.1. The van der Waals surface area contributed by atoms with Crippen LogP contribution in [0.3, 0.4) is 0 Å². The van der Waals surface area contributed by atoms with Gasteiger partial charge in [-0.25, -0.2) is 0 Å². The molecule has 1 unspecified atom stereocenters. The Kier molecular flexibility index (Phi) is 2.65. The fourth-order valence-corrected chi connectivity index (χ4v) is 0.989. The second kappa shape index (κ2) is 3.54. The van der Waals surface area contributed by atoms with E-state index in [0.29, 0.717) is 10.6 Å². The zero-order chi connectivity index (χ0) is 9.14. The van der Waals surface area contributed by atoms with Gasteiger partial charge in [0.1, 0.15) is 0 Å². The molecule has 12 heavy (non-hydrogen) atoms. The van der Waals surface area contributed by atoms with Crippen LogP contribution in [0, 0.1) is 10.1 Å². The number of rotatable bonds is 2. The van der Waals surface area contributed by atoms with Gasteiger partial charge < -0.3 is 0 Å². The Morgan fingerprint density at radius 2 is 1.92 bits per heavy atom. The Hall–Kier alpha value is -1.09. The van der Waals surface area contributed by atoms with Crippen molar-refractivity contribution in [3.05, 3.63) is 45.0 Å². The Balaban J connectivity index is 2.89. The molecule has 1 atom stereocenters. The molecule has 0 N–H and O–H groups in total. The van der Waals surface area contributed by atoms with E-state index in [1.54, 1.807) is 31.2 Å². The van der Waals surface area contributed by atoms with Crippen molar-refractivity contribution in [1.29, 1.82) is 0 Å². The molecule has 4 heteroatoms. The first-order valence-electron chi connectivity index (χ1n) is 3.50. The normalized spacial score (nSPS) is 12.5. The van der Waals surface area contributed by atoms with Crippen LogP contribution in [0.4, 0.5) is 0 Å². The number of nitro groups is 1. The first kappa shape index (κ1) is 9.00. The van der Waals surface area contributed by atoms with Crippen molar-refractivity contribution in [3.8, 4) is 0 Å². The highest BCUT2D eigenvalue weighted by Gasteiger charge is 2.14. The predicted molar refractivity (Wildman–Crippen MR) is 46.9 cm³/mol. The van der Waals surface area contributed by atoms with Crippen LogP contribution in [0.5, 0.6) is 0 Å². The molecule has 1 aromatic carbocycles. The van der Waals surface area contributed by atoms with Gasteiger partial charge in [-0.3, -0.25) is 10.1 Å². The Morgan fingerprint density at radius 1 is 1.42 bits per heavy atom. The second-order valence-corrected chi connectivity index (χ2v) is 2.95. The zero-order valence-electron chi connectivity index (χ0n) is 6.53. The van der Waals surface area contributed by atoms with Gasteiger partial charge in [0.25, 0.3) is 0 Å². The monoisotopic (exact) mass is 185 g/mol. The summed E-state index contributed by atoms with van der Waals surface area (Å²) in [4.78, 5) is 10.0. The van der Waals surface area contributed by atoms with E-state index in [-0.39, 0.29) is 4.92 Å². The molecule has 0 saturated heterocycles. The molecule has 0 fully saturated rings. The molecule has 0 saturated carbocycles. The van der Waals surface area contributed by atoms with Crippen LogP contribution in [0.2, 0.25) is 5.02 Å². The smallest absolute Gasteiger partial charge is 0.235 e.